The first-order valence-electron chi connectivity index (χ1n) is 6.37. The molecular formula is C12H20N2O2. The summed E-state index contributed by atoms with van der Waals surface area (Å²) in [6.45, 7) is 4.00. The molecule has 3 fully saturated rings. The highest BCUT2D eigenvalue weighted by molar-refractivity contribution is 5.69. The normalized spacial score (nSPS) is 37.0. The summed E-state index contributed by atoms with van der Waals surface area (Å²) in [4.78, 5) is 13.4. The highest BCUT2D eigenvalue weighted by Gasteiger charge is 2.49. The van der Waals surface area contributed by atoms with Crippen LogP contribution in [0.3, 0.4) is 0 Å². The zero-order valence-corrected chi connectivity index (χ0v) is 9.61. The largest absolute Gasteiger partial charge is 0.481 e. The molecule has 16 heavy (non-hydrogen) atoms. The van der Waals surface area contributed by atoms with Crippen molar-refractivity contribution in [2.45, 2.75) is 31.2 Å². The van der Waals surface area contributed by atoms with Crippen LogP contribution in [0.25, 0.3) is 0 Å². The molecule has 1 aliphatic carbocycles. The number of hydrogen-bond acceptors (Lipinski definition) is 3. The Kier molecular flexibility index (Phi) is 2.44. The van der Waals surface area contributed by atoms with E-state index in [9.17, 15) is 4.79 Å². The Labute approximate surface area is 96.0 Å². The van der Waals surface area contributed by atoms with Crippen molar-refractivity contribution in [1.82, 2.24) is 10.2 Å². The van der Waals surface area contributed by atoms with E-state index in [-0.39, 0.29) is 5.54 Å². The topological polar surface area (TPSA) is 52.6 Å². The summed E-state index contributed by atoms with van der Waals surface area (Å²) in [6, 6.07) is 0. The third kappa shape index (κ3) is 1.55. The number of carboxylic acids is 1. The Morgan fingerprint density at radius 3 is 2.38 bits per heavy atom. The monoisotopic (exact) mass is 224 g/mol. The van der Waals surface area contributed by atoms with Crippen molar-refractivity contribution in [3.05, 3.63) is 0 Å². The maximum atomic E-state index is 11.0. The average molecular weight is 224 g/mol. The zero-order valence-electron chi connectivity index (χ0n) is 9.61. The number of rotatable bonds is 3. The number of likely N-dealkylation sites (tertiary alicyclic amines) is 1. The molecule has 2 heterocycles. The lowest BCUT2D eigenvalue weighted by Crippen LogP contribution is -2.69. The molecule has 0 spiro atoms. The molecule has 2 aliphatic heterocycles. The average Bonchev–Trinajstić information content (AvgIpc) is 2.69. The fourth-order valence-electron chi connectivity index (χ4n) is 3.78. The molecule has 0 bridgehead atoms. The molecule has 90 valence electrons. The number of carboxylic acid groups (broad SMARTS) is 1. The first-order chi connectivity index (χ1) is 7.70. The fourth-order valence-corrected chi connectivity index (χ4v) is 3.78. The summed E-state index contributed by atoms with van der Waals surface area (Å²) < 4.78 is 0. The van der Waals surface area contributed by atoms with Crippen LogP contribution >= 0.6 is 0 Å². The second-order valence-electron chi connectivity index (χ2n) is 5.75. The summed E-state index contributed by atoms with van der Waals surface area (Å²) in [7, 11) is 0. The maximum Gasteiger partial charge on any atom is 0.305 e. The van der Waals surface area contributed by atoms with E-state index in [1.54, 1.807) is 0 Å². The van der Waals surface area contributed by atoms with Gasteiger partial charge in [-0.15, -0.1) is 0 Å². The number of nitrogens with one attached hydrogen (secondary N) is 1. The predicted octanol–water partition coefficient (Wildman–Crippen LogP) is 0.535. The maximum absolute atomic E-state index is 11.0. The second-order valence-corrected chi connectivity index (χ2v) is 5.75. The van der Waals surface area contributed by atoms with Crippen LogP contribution in [-0.4, -0.2) is 47.7 Å². The second kappa shape index (κ2) is 3.70. The number of fused-ring (bicyclic) bond motifs is 1. The molecule has 2 unspecified atom stereocenters. The van der Waals surface area contributed by atoms with Gasteiger partial charge in [0.25, 0.3) is 0 Å². The van der Waals surface area contributed by atoms with Crippen molar-refractivity contribution >= 4 is 5.97 Å². The van der Waals surface area contributed by atoms with E-state index in [2.05, 4.69) is 10.2 Å². The molecule has 0 radical (unpaired) electrons. The van der Waals surface area contributed by atoms with Gasteiger partial charge in [-0.1, -0.05) is 6.42 Å². The van der Waals surface area contributed by atoms with E-state index in [0.29, 0.717) is 6.42 Å². The van der Waals surface area contributed by atoms with Gasteiger partial charge in [0.05, 0.1) is 12.0 Å². The first-order valence-corrected chi connectivity index (χ1v) is 6.37. The van der Waals surface area contributed by atoms with Gasteiger partial charge in [-0.3, -0.25) is 9.69 Å². The molecule has 2 atom stereocenters. The lowest BCUT2D eigenvalue weighted by atomic mass is 9.86. The summed E-state index contributed by atoms with van der Waals surface area (Å²) in [5.41, 5.74) is -0.0594. The Hall–Kier alpha value is -0.610. The van der Waals surface area contributed by atoms with E-state index in [1.165, 1.54) is 19.3 Å². The Morgan fingerprint density at radius 2 is 1.94 bits per heavy atom. The van der Waals surface area contributed by atoms with Crippen LogP contribution in [0.2, 0.25) is 0 Å². The van der Waals surface area contributed by atoms with Gasteiger partial charge in [-0.05, 0) is 24.7 Å². The van der Waals surface area contributed by atoms with Crippen LogP contribution in [0.4, 0.5) is 0 Å². The third-order valence-electron chi connectivity index (χ3n) is 4.79. The molecule has 4 nitrogen and oxygen atoms in total. The van der Waals surface area contributed by atoms with Gasteiger partial charge in [-0.25, -0.2) is 0 Å². The molecule has 0 amide bonds. The van der Waals surface area contributed by atoms with E-state index in [0.717, 1.165) is 38.0 Å². The SMILES string of the molecule is O=C(O)CC1(N2CC3CCCC3C2)CNC1. The van der Waals surface area contributed by atoms with Crippen molar-refractivity contribution in [2.24, 2.45) is 11.8 Å². The Morgan fingerprint density at radius 1 is 1.31 bits per heavy atom. The van der Waals surface area contributed by atoms with E-state index in [4.69, 9.17) is 5.11 Å². The minimum absolute atomic E-state index is 0.0594. The number of aliphatic carboxylic acids is 1. The third-order valence-corrected chi connectivity index (χ3v) is 4.79. The molecule has 0 aromatic carbocycles. The van der Waals surface area contributed by atoms with Gasteiger partial charge in [0.1, 0.15) is 0 Å². The smallest absolute Gasteiger partial charge is 0.305 e. The van der Waals surface area contributed by atoms with Gasteiger partial charge in [0, 0.05) is 26.2 Å². The van der Waals surface area contributed by atoms with Gasteiger partial charge in [-0.2, -0.15) is 0 Å². The molecular weight excluding hydrogens is 204 g/mol. The molecule has 2 saturated heterocycles. The Bertz CT molecular complexity index is 289. The van der Waals surface area contributed by atoms with E-state index < -0.39 is 5.97 Å². The van der Waals surface area contributed by atoms with Crippen LogP contribution < -0.4 is 5.32 Å². The van der Waals surface area contributed by atoms with Crippen LogP contribution in [0.15, 0.2) is 0 Å². The van der Waals surface area contributed by atoms with Crippen molar-refractivity contribution in [3.63, 3.8) is 0 Å². The summed E-state index contributed by atoms with van der Waals surface area (Å²) in [6.07, 6.45) is 4.41. The zero-order chi connectivity index (χ0) is 11.2. The molecule has 1 saturated carbocycles. The van der Waals surface area contributed by atoms with Gasteiger partial charge in [0.2, 0.25) is 0 Å². The van der Waals surface area contributed by atoms with Crippen molar-refractivity contribution < 1.29 is 9.90 Å². The van der Waals surface area contributed by atoms with E-state index >= 15 is 0 Å². The van der Waals surface area contributed by atoms with Crippen molar-refractivity contribution in [2.75, 3.05) is 26.2 Å². The van der Waals surface area contributed by atoms with E-state index in [1.807, 2.05) is 0 Å². The molecule has 4 heteroatoms. The predicted molar refractivity (Wildman–Crippen MR) is 60.3 cm³/mol. The van der Waals surface area contributed by atoms with Crippen molar-refractivity contribution in [1.29, 1.82) is 0 Å². The van der Waals surface area contributed by atoms with Crippen LogP contribution in [0, 0.1) is 11.8 Å². The Balaban J connectivity index is 1.69. The minimum atomic E-state index is -0.654. The lowest BCUT2D eigenvalue weighted by molar-refractivity contribution is -0.141. The number of hydrogen-bond donors (Lipinski definition) is 2. The highest BCUT2D eigenvalue weighted by Crippen LogP contribution is 2.41. The van der Waals surface area contributed by atoms with Crippen molar-refractivity contribution in [3.8, 4) is 0 Å². The highest BCUT2D eigenvalue weighted by atomic mass is 16.4. The van der Waals surface area contributed by atoms with Crippen LogP contribution in [-0.2, 0) is 4.79 Å². The number of nitrogens with zero attached hydrogens (tertiary/aromatic N) is 1. The number of carbonyl (C=O) groups is 1. The standard InChI is InChI=1S/C12H20N2O2/c15-11(16)4-12(7-13-8-12)14-5-9-2-1-3-10(9)6-14/h9-10,13H,1-8H2,(H,15,16). The summed E-state index contributed by atoms with van der Waals surface area (Å²) >= 11 is 0. The molecule has 2 N–H and O–H groups in total. The van der Waals surface area contributed by atoms with Crippen LogP contribution in [0.5, 0.6) is 0 Å². The first kappa shape index (κ1) is 10.5. The summed E-state index contributed by atoms with van der Waals surface area (Å²) in [5.74, 6) is 1.05. The van der Waals surface area contributed by atoms with Crippen LogP contribution in [0.1, 0.15) is 25.7 Å². The fraction of sp³-hybridized carbons (Fsp3) is 0.917. The summed E-state index contributed by atoms with van der Waals surface area (Å²) in [5, 5.41) is 12.3. The molecule has 3 rings (SSSR count). The van der Waals surface area contributed by atoms with Gasteiger partial charge in [0.15, 0.2) is 0 Å². The molecule has 0 aromatic heterocycles. The van der Waals surface area contributed by atoms with Gasteiger partial charge < -0.3 is 10.4 Å². The quantitative estimate of drug-likeness (QED) is 0.734. The van der Waals surface area contributed by atoms with Gasteiger partial charge >= 0.3 is 5.97 Å². The molecule has 3 aliphatic rings. The molecule has 0 aromatic rings. The lowest BCUT2D eigenvalue weighted by Gasteiger charge is -2.49. The minimum Gasteiger partial charge on any atom is -0.481 e.